The van der Waals surface area contributed by atoms with Gasteiger partial charge in [-0.1, -0.05) is 13.0 Å². The normalized spacial score (nSPS) is 11.0. The molecule has 0 aliphatic rings. The van der Waals surface area contributed by atoms with Gasteiger partial charge in [0.05, 0.1) is 16.9 Å². The van der Waals surface area contributed by atoms with Gasteiger partial charge in [-0.25, -0.2) is 4.98 Å². The molecule has 0 radical (unpaired) electrons. The van der Waals surface area contributed by atoms with Crippen LogP contribution in [0.15, 0.2) is 12.1 Å². The summed E-state index contributed by atoms with van der Waals surface area (Å²) in [4.78, 5) is 19.2. The van der Waals surface area contributed by atoms with Crippen LogP contribution in [0.5, 0.6) is 0 Å². The van der Waals surface area contributed by atoms with Crippen LogP contribution in [0.3, 0.4) is 0 Å². The number of nitrogens with one attached hydrogen (secondary N) is 1. The fourth-order valence-electron chi connectivity index (χ4n) is 1.79. The minimum Gasteiger partial charge on any atom is -0.340 e. The van der Waals surface area contributed by atoms with Gasteiger partial charge in [-0.2, -0.15) is 0 Å². The lowest BCUT2D eigenvalue weighted by molar-refractivity contribution is 0.0989. The van der Waals surface area contributed by atoms with E-state index in [1.807, 2.05) is 13.0 Å². The van der Waals surface area contributed by atoms with Crippen molar-refractivity contribution in [1.29, 1.82) is 0 Å². The highest BCUT2D eigenvalue weighted by Crippen LogP contribution is 2.23. The van der Waals surface area contributed by atoms with Gasteiger partial charge in [0.2, 0.25) is 0 Å². The molecule has 2 aromatic rings. The molecule has 3 nitrogen and oxygen atoms in total. The summed E-state index contributed by atoms with van der Waals surface area (Å²) in [7, 11) is 0. The smallest absolute Gasteiger partial charge is 0.164 e. The van der Waals surface area contributed by atoms with E-state index in [0.29, 0.717) is 23.7 Å². The lowest BCUT2D eigenvalue weighted by Gasteiger charge is -2.02. The standard InChI is InChI=1S/C12H12Cl2N2O/c1-2-9(17)8-4-3-7(5-13)11-12(8)16-10(6-14)15-11/h3-4H,2,5-6H2,1H3,(H,15,16). The third-order valence-electron chi connectivity index (χ3n) is 2.67. The number of halogens is 2. The van der Waals surface area contributed by atoms with Crippen molar-refractivity contribution in [2.75, 3.05) is 0 Å². The average Bonchev–Trinajstić information content (AvgIpc) is 2.80. The number of fused-ring (bicyclic) bond motifs is 1. The zero-order valence-electron chi connectivity index (χ0n) is 9.39. The molecule has 0 saturated carbocycles. The van der Waals surface area contributed by atoms with Crippen LogP contribution in [0.2, 0.25) is 0 Å². The van der Waals surface area contributed by atoms with Crippen molar-refractivity contribution in [2.24, 2.45) is 0 Å². The molecule has 0 bridgehead atoms. The Labute approximate surface area is 109 Å². The molecule has 1 heterocycles. The summed E-state index contributed by atoms with van der Waals surface area (Å²) in [6.45, 7) is 1.84. The fourth-order valence-corrected chi connectivity index (χ4v) is 2.13. The highest BCUT2D eigenvalue weighted by Gasteiger charge is 2.14. The van der Waals surface area contributed by atoms with E-state index in [9.17, 15) is 4.79 Å². The van der Waals surface area contributed by atoms with Crippen molar-refractivity contribution in [2.45, 2.75) is 25.1 Å². The number of hydrogen-bond acceptors (Lipinski definition) is 2. The van der Waals surface area contributed by atoms with Gasteiger partial charge in [-0.3, -0.25) is 4.79 Å². The molecular weight excluding hydrogens is 259 g/mol. The Morgan fingerprint density at radius 3 is 2.71 bits per heavy atom. The van der Waals surface area contributed by atoms with E-state index in [1.165, 1.54) is 0 Å². The number of benzene rings is 1. The number of carbonyl (C=O) groups is 1. The molecule has 0 fully saturated rings. The Morgan fingerprint density at radius 2 is 2.12 bits per heavy atom. The molecule has 0 saturated heterocycles. The predicted octanol–water partition coefficient (Wildman–Crippen LogP) is 3.63. The first kappa shape index (κ1) is 12.4. The number of aromatic amines is 1. The van der Waals surface area contributed by atoms with Crippen molar-refractivity contribution in [3.63, 3.8) is 0 Å². The summed E-state index contributed by atoms with van der Waals surface area (Å²) >= 11 is 11.6. The van der Waals surface area contributed by atoms with Gasteiger partial charge < -0.3 is 4.98 Å². The molecule has 1 aromatic carbocycles. The number of ketones is 1. The molecule has 1 N–H and O–H groups in total. The van der Waals surface area contributed by atoms with Gasteiger partial charge in [0, 0.05) is 17.9 Å². The summed E-state index contributed by atoms with van der Waals surface area (Å²) in [6, 6.07) is 3.64. The number of alkyl halides is 2. The summed E-state index contributed by atoms with van der Waals surface area (Å²) in [5.41, 5.74) is 3.04. The monoisotopic (exact) mass is 270 g/mol. The van der Waals surface area contributed by atoms with Crippen LogP contribution < -0.4 is 0 Å². The van der Waals surface area contributed by atoms with E-state index in [4.69, 9.17) is 23.2 Å². The summed E-state index contributed by atoms with van der Waals surface area (Å²) in [5.74, 6) is 1.39. The van der Waals surface area contributed by atoms with Gasteiger partial charge in [0.1, 0.15) is 5.82 Å². The molecule has 0 unspecified atom stereocenters. The number of rotatable bonds is 4. The topological polar surface area (TPSA) is 45.8 Å². The third-order valence-corrected chi connectivity index (χ3v) is 3.21. The minimum absolute atomic E-state index is 0.0842. The molecule has 2 rings (SSSR count). The average molecular weight is 271 g/mol. The summed E-state index contributed by atoms with van der Waals surface area (Å²) < 4.78 is 0. The van der Waals surface area contributed by atoms with E-state index in [1.54, 1.807) is 6.07 Å². The van der Waals surface area contributed by atoms with Crippen molar-refractivity contribution in [3.8, 4) is 0 Å². The maximum atomic E-state index is 11.8. The first-order valence-corrected chi connectivity index (χ1v) is 6.43. The summed E-state index contributed by atoms with van der Waals surface area (Å²) in [6.07, 6.45) is 0.463. The number of nitrogens with zero attached hydrogens (tertiary/aromatic N) is 1. The maximum Gasteiger partial charge on any atom is 0.164 e. The SMILES string of the molecule is CCC(=O)c1ccc(CCl)c2nc(CCl)[nH]c12. The number of aromatic nitrogens is 2. The first-order valence-electron chi connectivity index (χ1n) is 5.36. The number of hydrogen-bond donors (Lipinski definition) is 1. The van der Waals surface area contributed by atoms with Crippen molar-refractivity contribution < 1.29 is 4.79 Å². The second kappa shape index (κ2) is 5.07. The molecule has 1 aromatic heterocycles. The Kier molecular flexibility index (Phi) is 3.69. The van der Waals surface area contributed by atoms with Gasteiger partial charge in [-0.15, -0.1) is 23.2 Å². The highest BCUT2D eigenvalue weighted by molar-refractivity contribution is 6.18. The molecule has 90 valence electrons. The zero-order valence-corrected chi connectivity index (χ0v) is 10.9. The van der Waals surface area contributed by atoms with Gasteiger partial charge in [0.25, 0.3) is 0 Å². The Hall–Kier alpha value is -1.06. The number of imidazole rings is 1. The molecule has 0 aliphatic heterocycles. The van der Waals surface area contributed by atoms with Crippen molar-refractivity contribution >= 4 is 40.0 Å². The second-order valence-electron chi connectivity index (χ2n) is 3.72. The zero-order chi connectivity index (χ0) is 12.4. The Balaban J connectivity index is 2.71. The molecule has 5 heteroatoms. The summed E-state index contributed by atoms with van der Waals surface area (Å²) in [5, 5.41) is 0. The lowest BCUT2D eigenvalue weighted by atomic mass is 10.0. The predicted molar refractivity (Wildman–Crippen MR) is 69.8 cm³/mol. The largest absolute Gasteiger partial charge is 0.340 e. The van der Waals surface area contributed by atoms with E-state index in [2.05, 4.69) is 9.97 Å². The molecular formula is C12H12Cl2N2O. The van der Waals surface area contributed by atoms with Gasteiger partial charge in [-0.05, 0) is 11.6 Å². The third kappa shape index (κ3) is 2.17. The molecule has 0 spiro atoms. The van der Waals surface area contributed by atoms with Crippen LogP contribution in [0.4, 0.5) is 0 Å². The van der Waals surface area contributed by atoms with Gasteiger partial charge >= 0.3 is 0 Å². The van der Waals surface area contributed by atoms with Crippen LogP contribution in [-0.4, -0.2) is 15.8 Å². The molecule has 0 aliphatic carbocycles. The minimum atomic E-state index is 0.0842. The molecule has 0 amide bonds. The Bertz CT molecular complexity index is 563. The number of carbonyl (C=O) groups excluding carboxylic acids is 1. The van der Waals surface area contributed by atoms with E-state index in [0.717, 1.165) is 16.6 Å². The number of Topliss-reactive ketones (excluding diaryl/α,β-unsaturated/α-hetero) is 1. The highest BCUT2D eigenvalue weighted by atomic mass is 35.5. The fraction of sp³-hybridized carbons (Fsp3) is 0.333. The quantitative estimate of drug-likeness (QED) is 0.681. The van der Waals surface area contributed by atoms with Crippen molar-refractivity contribution in [3.05, 3.63) is 29.1 Å². The van der Waals surface area contributed by atoms with Crippen LogP contribution in [0.25, 0.3) is 11.0 Å². The van der Waals surface area contributed by atoms with Crippen LogP contribution >= 0.6 is 23.2 Å². The van der Waals surface area contributed by atoms with Crippen LogP contribution in [-0.2, 0) is 11.8 Å². The lowest BCUT2D eigenvalue weighted by Crippen LogP contribution is -1.98. The van der Waals surface area contributed by atoms with Crippen LogP contribution in [0.1, 0.15) is 35.1 Å². The molecule has 17 heavy (non-hydrogen) atoms. The first-order chi connectivity index (χ1) is 8.21. The van der Waals surface area contributed by atoms with E-state index >= 15 is 0 Å². The van der Waals surface area contributed by atoms with Crippen LogP contribution in [0, 0.1) is 0 Å². The van der Waals surface area contributed by atoms with E-state index in [-0.39, 0.29) is 11.7 Å². The Morgan fingerprint density at radius 1 is 1.35 bits per heavy atom. The van der Waals surface area contributed by atoms with E-state index < -0.39 is 0 Å². The maximum absolute atomic E-state index is 11.8. The van der Waals surface area contributed by atoms with Gasteiger partial charge in [0.15, 0.2) is 5.78 Å². The number of H-pyrrole nitrogens is 1. The van der Waals surface area contributed by atoms with Crippen molar-refractivity contribution in [1.82, 2.24) is 9.97 Å². The second-order valence-corrected chi connectivity index (χ2v) is 4.26. The molecule has 0 atom stereocenters.